The molecule has 0 saturated carbocycles. The van der Waals surface area contributed by atoms with Crippen LogP contribution < -0.4 is 28.4 Å². The highest BCUT2D eigenvalue weighted by atomic mass is 32.1. The molecule has 3 aromatic rings. The van der Waals surface area contributed by atoms with E-state index in [0.29, 0.717) is 34.5 Å². The molecule has 3 aromatic carbocycles. The standard InChI is InChI=1S/C21H22O6S/c1-22-13-9-7-11(17(24-3)19(13)26-5)15-16(21(15)28)12-8-10-14(23-2)20(27-6)18(12)25-4/h7-10H,1-6H3. The Hall–Kier alpha value is -2.93. The fourth-order valence-corrected chi connectivity index (χ4v) is 3.65. The molecule has 0 aliphatic rings. The minimum atomic E-state index is 0.517. The number of rotatable bonds is 8. The van der Waals surface area contributed by atoms with Crippen LogP contribution >= 0.6 is 12.2 Å². The normalized spacial score (nSPS) is 10.6. The lowest BCUT2D eigenvalue weighted by atomic mass is 10.1. The van der Waals surface area contributed by atoms with Gasteiger partial charge in [0, 0.05) is 22.3 Å². The van der Waals surface area contributed by atoms with E-state index in [1.807, 2.05) is 24.3 Å². The summed E-state index contributed by atoms with van der Waals surface area (Å²) in [5, 5.41) is 0. The third kappa shape index (κ3) is 3.01. The second kappa shape index (κ2) is 7.98. The first-order chi connectivity index (χ1) is 13.6. The molecule has 0 N–H and O–H groups in total. The molecule has 0 atom stereocenters. The number of methoxy groups -OCH3 is 6. The summed E-state index contributed by atoms with van der Waals surface area (Å²) in [6, 6.07) is 7.46. The molecule has 7 heteroatoms. The average molecular weight is 402 g/mol. The van der Waals surface area contributed by atoms with E-state index in [9.17, 15) is 0 Å². The topological polar surface area (TPSA) is 55.4 Å². The van der Waals surface area contributed by atoms with Gasteiger partial charge in [-0.1, -0.05) is 12.2 Å². The van der Waals surface area contributed by atoms with Crippen LogP contribution in [0, 0.1) is 4.51 Å². The minimum Gasteiger partial charge on any atom is -0.493 e. The molecular weight excluding hydrogens is 380 g/mol. The number of benzene rings is 2. The minimum absolute atomic E-state index is 0.517. The highest BCUT2D eigenvalue weighted by Gasteiger charge is 2.30. The van der Waals surface area contributed by atoms with Gasteiger partial charge in [0.25, 0.3) is 0 Å². The van der Waals surface area contributed by atoms with Crippen molar-refractivity contribution in [2.75, 3.05) is 42.7 Å². The van der Waals surface area contributed by atoms with E-state index < -0.39 is 0 Å². The zero-order valence-electron chi connectivity index (χ0n) is 16.7. The van der Waals surface area contributed by atoms with Crippen LogP contribution in [0.25, 0.3) is 22.3 Å². The Morgan fingerprint density at radius 1 is 0.500 bits per heavy atom. The summed E-state index contributed by atoms with van der Waals surface area (Å²) in [5.74, 6) is 3.33. The Morgan fingerprint density at radius 3 is 1.14 bits per heavy atom. The van der Waals surface area contributed by atoms with Crippen molar-refractivity contribution in [1.82, 2.24) is 0 Å². The molecule has 0 aliphatic carbocycles. The number of hydrogen-bond donors (Lipinski definition) is 0. The Labute approximate surface area is 169 Å². The van der Waals surface area contributed by atoms with E-state index in [1.165, 1.54) is 0 Å². The molecule has 0 aromatic heterocycles. The molecule has 0 amide bonds. The van der Waals surface area contributed by atoms with Crippen molar-refractivity contribution in [3.63, 3.8) is 0 Å². The van der Waals surface area contributed by atoms with Crippen LogP contribution in [-0.4, -0.2) is 42.7 Å². The third-order valence-corrected chi connectivity index (χ3v) is 5.00. The summed E-state index contributed by atoms with van der Waals surface area (Å²) in [5.41, 5.74) is 3.46. The maximum atomic E-state index is 5.62. The Balaban J connectivity index is 2.18. The van der Waals surface area contributed by atoms with Crippen molar-refractivity contribution in [1.29, 1.82) is 0 Å². The molecule has 0 saturated heterocycles. The Bertz CT molecular complexity index is 938. The first kappa shape index (κ1) is 19.8. The molecule has 0 bridgehead atoms. The summed E-state index contributed by atoms with van der Waals surface area (Å²) in [6.45, 7) is 0. The van der Waals surface area contributed by atoms with Gasteiger partial charge in [0.05, 0.1) is 47.2 Å². The van der Waals surface area contributed by atoms with Crippen LogP contribution in [0.5, 0.6) is 34.5 Å². The first-order valence-corrected chi connectivity index (χ1v) is 8.86. The fraction of sp³-hybridized carbons (Fsp3) is 0.286. The zero-order chi connectivity index (χ0) is 20.4. The van der Waals surface area contributed by atoms with E-state index in [2.05, 4.69) is 0 Å². The molecule has 0 unspecified atom stereocenters. The summed E-state index contributed by atoms with van der Waals surface area (Å²) < 4.78 is 33.6. The summed E-state index contributed by atoms with van der Waals surface area (Å²) in [6.07, 6.45) is 0. The number of ether oxygens (including phenoxy) is 6. The molecule has 148 valence electrons. The monoisotopic (exact) mass is 402 g/mol. The van der Waals surface area contributed by atoms with Gasteiger partial charge in [-0.05, 0) is 24.3 Å². The van der Waals surface area contributed by atoms with Crippen LogP contribution in [0.3, 0.4) is 0 Å². The van der Waals surface area contributed by atoms with E-state index in [4.69, 9.17) is 40.6 Å². The smallest absolute Gasteiger partial charge is 0.203 e. The van der Waals surface area contributed by atoms with E-state index in [-0.39, 0.29) is 0 Å². The fourth-order valence-electron chi connectivity index (χ4n) is 3.28. The van der Waals surface area contributed by atoms with Crippen molar-refractivity contribution < 1.29 is 28.4 Å². The lowest BCUT2D eigenvalue weighted by Crippen LogP contribution is -1.96. The van der Waals surface area contributed by atoms with Crippen molar-refractivity contribution in [2.24, 2.45) is 0 Å². The van der Waals surface area contributed by atoms with Gasteiger partial charge < -0.3 is 28.4 Å². The molecule has 0 spiro atoms. The van der Waals surface area contributed by atoms with Gasteiger partial charge in [-0.15, -0.1) is 0 Å². The molecule has 3 rings (SSSR count). The van der Waals surface area contributed by atoms with Crippen LogP contribution in [0.2, 0.25) is 0 Å². The Morgan fingerprint density at radius 2 is 0.857 bits per heavy atom. The van der Waals surface area contributed by atoms with Crippen molar-refractivity contribution in [3.05, 3.63) is 28.8 Å². The van der Waals surface area contributed by atoms with Gasteiger partial charge in [-0.2, -0.15) is 0 Å². The van der Waals surface area contributed by atoms with Crippen LogP contribution in [-0.2, 0) is 0 Å². The molecule has 28 heavy (non-hydrogen) atoms. The SMILES string of the molecule is COc1ccc(-c2c(-c3ccc(OC)c(OC)c3OC)c2=S)c(OC)c1OC. The second-order valence-corrected chi connectivity index (χ2v) is 6.25. The predicted molar refractivity (Wildman–Crippen MR) is 110 cm³/mol. The van der Waals surface area contributed by atoms with Gasteiger partial charge in [0.2, 0.25) is 11.5 Å². The van der Waals surface area contributed by atoms with Gasteiger partial charge in [-0.25, -0.2) is 0 Å². The van der Waals surface area contributed by atoms with E-state index in [0.717, 1.165) is 26.8 Å². The Kier molecular flexibility index (Phi) is 5.65. The maximum Gasteiger partial charge on any atom is 0.203 e. The highest BCUT2D eigenvalue weighted by Crippen LogP contribution is 2.55. The molecule has 6 nitrogen and oxygen atoms in total. The van der Waals surface area contributed by atoms with Gasteiger partial charge in [-0.3, -0.25) is 0 Å². The summed E-state index contributed by atoms with van der Waals surface area (Å²) in [4.78, 5) is 0. The third-order valence-electron chi connectivity index (χ3n) is 4.59. The molecule has 0 aliphatic heterocycles. The molecular formula is C21H22O6S. The van der Waals surface area contributed by atoms with Gasteiger partial charge in [0.15, 0.2) is 23.0 Å². The zero-order valence-corrected chi connectivity index (χ0v) is 17.5. The summed E-state index contributed by atoms with van der Waals surface area (Å²) >= 11 is 5.62. The second-order valence-electron chi connectivity index (χ2n) is 5.84. The first-order valence-electron chi connectivity index (χ1n) is 8.45. The average Bonchev–Trinajstić information content (AvgIpc) is 3.40. The molecule has 0 fully saturated rings. The predicted octanol–water partition coefficient (Wildman–Crippen LogP) is 4.68. The quantitative estimate of drug-likeness (QED) is 0.507. The highest BCUT2D eigenvalue weighted by molar-refractivity contribution is 7.72. The largest absolute Gasteiger partial charge is 0.493 e. The summed E-state index contributed by atoms with van der Waals surface area (Å²) in [7, 11) is 9.48. The van der Waals surface area contributed by atoms with Crippen molar-refractivity contribution >= 4 is 12.2 Å². The lowest BCUT2D eigenvalue weighted by Gasteiger charge is -2.15. The van der Waals surface area contributed by atoms with Gasteiger partial charge >= 0.3 is 0 Å². The maximum absolute atomic E-state index is 5.62. The van der Waals surface area contributed by atoms with Gasteiger partial charge in [0.1, 0.15) is 0 Å². The van der Waals surface area contributed by atoms with E-state index in [1.54, 1.807) is 42.7 Å². The van der Waals surface area contributed by atoms with Crippen LogP contribution in [0.4, 0.5) is 0 Å². The van der Waals surface area contributed by atoms with Crippen molar-refractivity contribution in [3.8, 4) is 56.8 Å². The van der Waals surface area contributed by atoms with E-state index >= 15 is 0 Å². The number of hydrogen-bond acceptors (Lipinski definition) is 7. The lowest BCUT2D eigenvalue weighted by molar-refractivity contribution is 0.325. The van der Waals surface area contributed by atoms with Crippen LogP contribution in [0.15, 0.2) is 24.3 Å². The molecule has 0 radical (unpaired) electrons. The molecule has 0 heterocycles. The van der Waals surface area contributed by atoms with Crippen LogP contribution in [0.1, 0.15) is 0 Å². The van der Waals surface area contributed by atoms with Crippen molar-refractivity contribution in [2.45, 2.75) is 0 Å².